The molecule has 0 saturated carbocycles. The van der Waals surface area contributed by atoms with Crippen molar-refractivity contribution in [1.29, 1.82) is 0 Å². The average Bonchev–Trinajstić information content (AvgIpc) is 2.90. The van der Waals surface area contributed by atoms with Crippen LogP contribution in [0.1, 0.15) is 5.56 Å². The van der Waals surface area contributed by atoms with Gasteiger partial charge in [-0.05, 0) is 35.9 Å². The van der Waals surface area contributed by atoms with Crippen molar-refractivity contribution >= 4 is 33.5 Å². The highest BCUT2D eigenvalue weighted by molar-refractivity contribution is 7.16. The number of carbonyl (C=O) groups excluding carboxylic acids is 1. The van der Waals surface area contributed by atoms with Gasteiger partial charge in [0.1, 0.15) is 5.75 Å². The number of benzene rings is 2. The van der Waals surface area contributed by atoms with Crippen molar-refractivity contribution < 1.29 is 18.3 Å². The summed E-state index contributed by atoms with van der Waals surface area (Å²) in [6.07, 6.45) is 2.92. The number of fused-ring (bicyclic) bond motifs is 1. The molecule has 1 amide bonds. The Labute approximate surface area is 146 Å². The highest BCUT2D eigenvalue weighted by Gasteiger charge is 2.04. The summed E-state index contributed by atoms with van der Waals surface area (Å²) in [4.78, 5) is 16.8. The van der Waals surface area contributed by atoms with E-state index < -0.39 is 12.5 Å². The Kier molecular flexibility index (Phi) is 5.04. The fourth-order valence-corrected chi connectivity index (χ4v) is 3.27. The molecule has 25 heavy (non-hydrogen) atoms. The first kappa shape index (κ1) is 17.0. The molecule has 128 valence electrons. The molecule has 3 aromatic rings. The number of amides is 1. The molecule has 0 fully saturated rings. The van der Waals surface area contributed by atoms with Gasteiger partial charge in [-0.15, -0.1) is 0 Å². The van der Waals surface area contributed by atoms with Crippen LogP contribution in [-0.2, 0) is 11.8 Å². The highest BCUT2D eigenvalue weighted by Crippen LogP contribution is 2.16. The van der Waals surface area contributed by atoms with E-state index >= 15 is 0 Å². The predicted octanol–water partition coefficient (Wildman–Crippen LogP) is 3.98. The number of hydrogen-bond donors (Lipinski definition) is 0. The van der Waals surface area contributed by atoms with E-state index in [2.05, 4.69) is 9.73 Å². The smallest absolute Gasteiger partial charge is 0.387 e. The number of thiazole rings is 1. The largest absolute Gasteiger partial charge is 0.435 e. The summed E-state index contributed by atoms with van der Waals surface area (Å²) in [5.74, 6) is -0.324. The van der Waals surface area contributed by atoms with Crippen molar-refractivity contribution in [3.63, 3.8) is 0 Å². The van der Waals surface area contributed by atoms with Crippen molar-refractivity contribution in [3.05, 3.63) is 65.0 Å². The fourth-order valence-electron chi connectivity index (χ4n) is 2.25. The van der Waals surface area contributed by atoms with E-state index in [9.17, 15) is 13.6 Å². The SMILES string of the molecule is Cn1c(=NC(=O)C=Cc2ccc(OC(F)F)cc2)sc2ccccc21. The van der Waals surface area contributed by atoms with Gasteiger partial charge in [-0.25, -0.2) is 0 Å². The second kappa shape index (κ2) is 7.40. The van der Waals surface area contributed by atoms with Crippen LogP contribution in [0.5, 0.6) is 5.75 Å². The van der Waals surface area contributed by atoms with Crippen LogP contribution in [0.15, 0.2) is 59.6 Å². The maximum Gasteiger partial charge on any atom is 0.387 e. The number of alkyl halides is 2. The van der Waals surface area contributed by atoms with E-state index in [1.807, 2.05) is 35.9 Å². The first-order valence-electron chi connectivity index (χ1n) is 7.39. The number of nitrogens with zero attached hydrogens (tertiary/aromatic N) is 2. The topological polar surface area (TPSA) is 43.6 Å². The second-order valence-corrected chi connectivity index (χ2v) is 6.15. The molecular weight excluding hydrogens is 346 g/mol. The minimum Gasteiger partial charge on any atom is -0.435 e. The van der Waals surface area contributed by atoms with Gasteiger partial charge in [0.15, 0.2) is 4.80 Å². The van der Waals surface area contributed by atoms with Crippen LogP contribution in [0.4, 0.5) is 8.78 Å². The molecule has 0 aliphatic heterocycles. The molecule has 2 aromatic carbocycles. The summed E-state index contributed by atoms with van der Waals surface area (Å²) < 4.78 is 31.4. The van der Waals surface area contributed by atoms with Crippen molar-refractivity contribution in [3.8, 4) is 5.75 Å². The second-order valence-electron chi connectivity index (χ2n) is 5.14. The Bertz CT molecular complexity index is 988. The molecule has 0 bridgehead atoms. The molecule has 7 heteroatoms. The lowest BCUT2D eigenvalue weighted by molar-refractivity contribution is -0.113. The molecule has 0 spiro atoms. The lowest BCUT2D eigenvalue weighted by atomic mass is 10.2. The molecule has 0 atom stereocenters. The van der Waals surface area contributed by atoms with Gasteiger partial charge in [0.05, 0.1) is 10.2 Å². The number of para-hydroxylation sites is 1. The molecule has 0 radical (unpaired) electrons. The van der Waals surface area contributed by atoms with Gasteiger partial charge >= 0.3 is 6.61 Å². The summed E-state index contributed by atoms with van der Waals surface area (Å²) in [6, 6.07) is 13.8. The van der Waals surface area contributed by atoms with Crippen LogP contribution >= 0.6 is 11.3 Å². The Morgan fingerprint density at radius 2 is 1.92 bits per heavy atom. The summed E-state index contributed by atoms with van der Waals surface area (Å²) in [7, 11) is 1.86. The van der Waals surface area contributed by atoms with Crippen molar-refractivity contribution in [1.82, 2.24) is 4.57 Å². The Hall–Kier alpha value is -2.80. The monoisotopic (exact) mass is 360 g/mol. The van der Waals surface area contributed by atoms with E-state index in [-0.39, 0.29) is 5.75 Å². The molecule has 0 saturated heterocycles. The van der Waals surface area contributed by atoms with Gasteiger partial charge in [-0.3, -0.25) is 4.79 Å². The summed E-state index contributed by atoms with van der Waals surface area (Å²) in [5.41, 5.74) is 1.70. The standard InChI is InChI=1S/C18H14F2N2O2S/c1-22-14-4-2-3-5-15(14)25-18(22)21-16(23)11-8-12-6-9-13(10-7-12)24-17(19)20/h2-11,17H,1H3. The first-order chi connectivity index (χ1) is 12.0. The van der Waals surface area contributed by atoms with Crippen LogP contribution in [0.3, 0.4) is 0 Å². The summed E-state index contributed by atoms with van der Waals surface area (Å²) >= 11 is 1.44. The molecule has 1 aromatic heterocycles. The third-order valence-electron chi connectivity index (χ3n) is 3.44. The summed E-state index contributed by atoms with van der Waals surface area (Å²) in [5, 5.41) is 0. The maximum absolute atomic E-state index is 12.1. The molecule has 0 aliphatic rings. The van der Waals surface area contributed by atoms with Crippen molar-refractivity contribution in [2.75, 3.05) is 0 Å². The van der Waals surface area contributed by atoms with Gasteiger partial charge in [-0.1, -0.05) is 35.6 Å². The predicted molar refractivity (Wildman–Crippen MR) is 93.5 cm³/mol. The van der Waals surface area contributed by atoms with Gasteiger partial charge in [0.2, 0.25) is 0 Å². The van der Waals surface area contributed by atoms with Crippen LogP contribution in [0.25, 0.3) is 16.3 Å². The van der Waals surface area contributed by atoms with Crippen LogP contribution in [0, 0.1) is 0 Å². The van der Waals surface area contributed by atoms with Crippen LogP contribution in [-0.4, -0.2) is 17.1 Å². The van der Waals surface area contributed by atoms with Gasteiger partial charge in [0, 0.05) is 13.1 Å². The van der Waals surface area contributed by atoms with Crippen LogP contribution in [0.2, 0.25) is 0 Å². The van der Waals surface area contributed by atoms with E-state index in [0.29, 0.717) is 10.4 Å². The Morgan fingerprint density at radius 1 is 1.20 bits per heavy atom. The molecule has 1 heterocycles. The van der Waals surface area contributed by atoms with E-state index in [1.54, 1.807) is 18.2 Å². The maximum atomic E-state index is 12.1. The Balaban J connectivity index is 1.77. The summed E-state index contributed by atoms with van der Waals surface area (Å²) in [6.45, 7) is -2.86. The average molecular weight is 360 g/mol. The number of halogens is 2. The van der Waals surface area contributed by atoms with E-state index in [4.69, 9.17) is 0 Å². The zero-order chi connectivity index (χ0) is 17.8. The zero-order valence-electron chi connectivity index (χ0n) is 13.2. The lowest BCUT2D eigenvalue weighted by Gasteiger charge is -2.03. The number of aromatic nitrogens is 1. The molecular formula is C18H14F2N2O2S. The number of rotatable bonds is 4. The number of aryl methyl sites for hydroxylation is 1. The lowest BCUT2D eigenvalue weighted by Crippen LogP contribution is -2.12. The van der Waals surface area contributed by atoms with Gasteiger partial charge < -0.3 is 9.30 Å². The molecule has 4 nitrogen and oxygen atoms in total. The molecule has 0 aliphatic carbocycles. The number of ether oxygens (including phenoxy) is 1. The van der Waals surface area contributed by atoms with Crippen LogP contribution < -0.4 is 9.54 Å². The van der Waals surface area contributed by atoms with E-state index in [0.717, 1.165) is 10.2 Å². The fraction of sp³-hybridized carbons (Fsp3) is 0.111. The number of hydrogen-bond acceptors (Lipinski definition) is 3. The first-order valence-corrected chi connectivity index (χ1v) is 8.21. The van der Waals surface area contributed by atoms with Crippen molar-refractivity contribution in [2.24, 2.45) is 12.0 Å². The minimum absolute atomic E-state index is 0.0699. The van der Waals surface area contributed by atoms with E-state index in [1.165, 1.54) is 29.5 Å². The quantitative estimate of drug-likeness (QED) is 0.661. The van der Waals surface area contributed by atoms with Crippen molar-refractivity contribution in [2.45, 2.75) is 6.61 Å². The highest BCUT2D eigenvalue weighted by atomic mass is 32.1. The van der Waals surface area contributed by atoms with Gasteiger partial charge in [0.25, 0.3) is 5.91 Å². The Morgan fingerprint density at radius 3 is 2.60 bits per heavy atom. The molecule has 3 rings (SSSR count). The van der Waals surface area contributed by atoms with Gasteiger partial charge in [-0.2, -0.15) is 13.8 Å². The molecule has 0 N–H and O–H groups in total. The third kappa shape index (κ3) is 4.19. The minimum atomic E-state index is -2.86. The number of carbonyl (C=O) groups is 1. The third-order valence-corrected chi connectivity index (χ3v) is 4.56. The zero-order valence-corrected chi connectivity index (χ0v) is 14.0. The normalized spacial score (nSPS) is 12.4. The molecule has 0 unspecified atom stereocenters.